The predicted molar refractivity (Wildman–Crippen MR) is 95.9 cm³/mol. The van der Waals surface area contributed by atoms with Crippen LogP contribution in [-0.2, 0) is 24.3 Å². The first kappa shape index (κ1) is 18.5. The zero-order chi connectivity index (χ0) is 18.5. The molecule has 0 spiro atoms. The number of rotatable bonds is 4. The Morgan fingerprint density at radius 3 is 2.58 bits per heavy atom. The van der Waals surface area contributed by atoms with Crippen molar-refractivity contribution in [2.75, 3.05) is 32.7 Å². The van der Waals surface area contributed by atoms with Gasteiger partial charge in [0.1, 0.15) is 5.82 Å². The van der Waals surface area contributed by atoms with Gasteiger partial charge >= 0.3 is 11.7 Å². The molecule has 1 fully saturated rings. The van der Waals surface area contributed by atoms with Gasteiger partial charge in [-0.15, -0.1) is 0 Å². The number of carbonyl (C=O) groups excluding carboxylic acids is 2. The molecule has 144 valence electrons. The van der Waals surface area contributed by atoms with Crippen LogP contribution in [0, 0.1) is 0 Å². The molecule has 0 atom stereocenters. The molecule has 9 heteroatoms. The smallest absolute Gasteiger partial charge is 0.341 e. The Labute approximate surface area is 152 Å². The Hall–Kier alpha value is -2.32. The molecule has 1 aromatic rings. The molecule has 0 radical (unpaired) electrons. The van der Waals surface area contributed by atoms with Crippen molar-refractivity contribution in [3.8, 4) is 0 Å². The highest BCUT2D eigenvalue weighted by Crippen LogP contribution is 2.09. The summed E-state index contributed by atoms with van der Waals surface area (Å²) < 4.78 is 3.28. The maximum Gasteiger partial charge on any atom is 0.345 e. The van der Waals surface area contributed by atoms with Crippen molar-refractivity contribution in [1.82, 2.24) is 29.5 Å². The van der Waals surface area contributed by atoms with Crippen LogP contribution in [-0.4, -0.2) is 68.8 Å². The molecule has 3 rings (SSSR count). The quantitative estimate of drug-likeness (QED) is 0.763. The highest BCUT2D eigenvalue weighted by molar-refractivity contribution is 5.75. The number of aromatic nitrogens is 3. The topological polar surface area (TPSA) is 92.5 Å². The summed E-state index contributed by atoms with van der Waals surface area (Å²) in [6.07, 6.45) is 4.44. The molecule has 2 aliphatic rings. The van der Waals surface area contributed by atoms with E-state index in [1.807, 2.05) is 0 Å². The van der Waals surface area contributed by atoms with E-state index < -0.39 is 0 Å². The molecule has 0 unspecified atom stereocenters. The second-order valence-corrected chi connectivity index (χ2v) is 6.96. The number of amides is 3. The van der Waals surface area contributed by atoms with Crippen molar-refractivity contribution in [2.45, 2.75) is 52.1 Å². The van der Waals surface area contributed by atoms with E-state index in [0.717, 1.165) is 38.1 Å². The van der Waals surface area contributed by atoms with Gasteiger partial charge < -0.3 is 15.1 Å². The number of nitrogens with zero attached hydrogens (tertiary/aromatic N) is 5. The normalized spacial score (nSPS) is 17.6. The Morgan fingerprint density at radius 2 is 1.81 bits per heavy atom. The van der Waals surface area contributed by atoms with E-state index >= 15 is 0 Å². The lowest BCUT2D eigenvalue weighted by Gasteiger charge is -2.21. The van der Waals surface area contributed by atoms with Crippen LogP contribution in [0.2, 0.25) is 0 Å². The van der Waals surface area contributed by atoms with Gasteiger partial charge in [0, 0.05) is 59.2 Å². The van der Waals surface area contributed by atoms with Gasteiger partial charge in [0.05, 0.1) is 0 Å². The maximum absolute atomic E-state index is 12.3. The van der Waals surface area contributed by atoms with E-state index in [9.17, 15) is 14.4 Å². The fraction of sp³-hybridized carbons (Fsp3) is 0.765. The Morgan fingerprint density at radius 1 is 1.04 bits per heavy atom. The van der Waals surface area contributed by atoms with Crippen molar-refractivity contribution >= 4 is 11.9 Å². The average Bonchev–Trinajstić information content (AvgIpc) is 2.81. The fourth-order valence-corrected chi connectivity index (χ4v) is 3.57. The molecule has 2 aliphatic heterocycles. The largest absolute Gasteiger partial charge is 0.345 e. The van der Waals surface area contributed by atoms with Gasteiger partial charge in [-0.25, -0.2) is 14.3 Å². The Bertz CT molecular complexity index is 710. The van der Waals surface area contributed by atoms with E-state index in [0.29, 0.717) is 45.7 Å². The SMILES string of the molecule is CC(=O)N1CCCN(C(=O)NCCCn2nc3n(c2=O)CCCC3)CC1. The van der Waals surface area contributed by atoms with E-state index in [2.05, 4.69) is 10.4 Å². The summed E-state index contributed by atoms with van der Waals surface area (Å²) in [6, 6.07) is -0.105. The van der Waals surface area contributed by atoms with Crippen LogP contribution in [0.15, 0.2) is 4.79 Å². The van der Waals surface area contributed by atoms with Crippen molar-refractivity contribution in [3.05, 3.63) is 16.3 Å². The van der Waals surface area contributed by atoms with Gasteiger partial charge in [0.2, 0.25) is 5.91 Å². The molecule has 0 bridgehead atoms. The van der Waals surface area contributed by atoms with E-state index in [-0.39, 0.29) is 17.6 Å². The minimum Gasteiger partial charge on any atom is -0.341 e. The molecule has 0 saturated carbocycles. The summed E-state index contributed by atoms with van der Waals surface area (Å²) in [5.41, 5.74) is -0.0390. The molecule has 9 nitrogen and oxygen atoms in total. The molecule has 3 heterocycles. The average molecular weight is 364 g/mol. The summed E-state index contributed by atoms with van der Waals surface area (Å²) in [7, 11) is 0. The molecular weight excluding hydrogens is 336 g/mol. The molecule has 1 aromatic heterocycles. The van der Waals surface area contributed by atoms with Gasteiger partial charge in [0.25, 0.3) is 0 Å². The lowest BCUT2D eigenvalue weighted by atomic mass is 10.2. The molecule has 1 saturated heterocycles. The minimum atomic E-state index is -0.105. The van der Waals surface area contributed by atoms with Gasteiger partial charge in [0.15, 0.2) is 0 Å². The standard InChI is InChI=1S/C17H28N6O3/c1-14(24)20-8-5-9-21(13-12-20)16(25)18-7-4-11-23-17(26)22-10-3-2-6-15(22)19-23/h2-13H2,1H3,(H,18,25). The summed E-state index contributed by atoms with van der Waals surface area (Å²) in [5, 5.41) is 7.31. The van der Waals surface area contributed by atoms with Crippen LogP contribution in [0.25, 0.3) is 0 Å². The Balaban J connectivity index is 1.42. The van der Waals surface area contributed by atoms with Gasteiger partial charge in [-0.3, -0.25) is 9.36 Å². The van der Waals surface area contributed by atoms with Crippen molar-refractivity contribution in [2.24, 2.45) is 0 Å². The van der Waals surface area contributed by atoms with Gasteiger partial charge in [-0.05, 0) is 25.7 Å². The molecule has 3 amide bonds. The second-order valence-electron chi connectivity index (χ2n) is 6.96. The minimum absolute atomic E-state index is 0.0390. The molecule has 0 aliphatic carbocycles. The van der Waals surface area contributed by atoms with Crippen LogP contribution in [0.4, 0.5) is 4.79 Å². The van der Waals surface area contributed by atoms with Crippen LogP contribution in [0.1, 0.15) is 38.4 Å². The van der Waals surface area contributed by atoms with E-state index in [1.165, 1.54) is 4.68 Å². The van der Waals surface area contributed by atoms with E-state index in [4.69, 9.17) is 0 Å². The first-order chi connectivity index (χ1) is 12.6. The molecule has 1 N–H and O–H groups in total. The summed E-state index contributed by atoms with van der Waals surface area (Å²) in [5.74, 6) is 0.936. The number of nitrogens with one attached hydrogen (secondary N) is 1. The van der Waals surface area contributed by atoms with Crippen LogP contribution in [0.3, 0.4) is 0 Å². The third kappa shape index (κ3) is 4.25. The first-order valence-corrected chi connectivity index (χ1v) is 9.51. The van der Waals surface area contributed by atoms with Crippen LogP contribution >= 0.6 is 0 Å². The predicted octanol–water partition coefficient (Wildman–Crippen LogP) is 0.0350. The van der Waals surface area contributed by atoms with Crippen molar-refractivity contribution in [3.63, 3.8) is 0 Å². The zero-order valence-electron chi connectivity index (χ0n) is 15.4. The number of carbonyl (C=O) groups is 2. The lowest BCUT2D eigenvalue weighted by Crippen LogP contribution is -2.43. The number of aryl methyl sites for hydroxylation is 2. The molecule has 0 aromatic carbocycles. The highest BCUT2D eigenvalue weighted by atomic mass is 16.2. The second kappa shape index (κ2) is 8.37. The summed E-state index contributed by atoms with van der Waals surface area (Å²) in [6.45, 7) is 5.83. The van der Waals surface area contributed by atoms with Crippen molar-refractivity contribution < 1.29 is 9.59 Å². The van der Waals surface area contributed by atoms with Crippen molar-refractivity contribution in [1.29, 1.82) is 0 Å². The lowest BCUT2D eigenvalue weighted by molar-refractivity contribution is -0.128. The Kier molecular flexibility index (Phi) is 5.95. The number of hydrogen-bond donors (Lipinski definition) is 1. The third-order valence-electron chi connectivity index (χ3n) is 5.08. The first-order valence-electron chi connectivity index (χ1n) is 9.51. The number of hydrogen-bond acceptors (Lipinski definition) is 4. The van der Waals surface area contributed by atoms with Gasteiger partial charge in [-0.1, -0.05) is 0 Å². The van der Waals surface area contributed by atoms with E-state index in [1.54, 1.807) is 21.3 Å². The van der Waals surface area contributed by atoms with Crippen LogP contribution in [0.5, 0.6) is 0 Å². The number of fused-ring (bicyclic) bond motifs is 1. The number of urea groups is 1. The fourth-order valence-electron chi connectivity index (χ4n) is 3.57. The molecular formula is C17H28N6O3. The zero-order valence-corrected chi connectivity index (χ0v) is 15.4. The monoisotopic (exact) mass is 364 g/mol. The molecule has 26 heavy (non-hydrogen) atoms. The third-order valence-corrected chi connectivity index (χ3v) is 5.08. The summed E-state index contributed by atoms with van der Waals surface area (Å²) in [4.78, 5) is 39.5. The van der Waals surface area contributed by atoms with Gasteiger partial charge in [-0.2, -0.15) is 5.10 Å². The highest BCUT2D eigenvalue weighted by Gasteiger charge is 2.20. The maximum atomic E-state index is 12.3. The van der Waals surface area contributed by atoms with Crippen LogP contribution < -0.4 is 11.0 Å². The summed E-state index contributed by atoms with van der Waals surface area (Å²) >= 11 is 0.